The minimum Gasteiger partial charge on any atom is -0.494 e. The first kappa shape index (κ1) is 27.6. The van der Waals surface area contributed by atoms with E-state index in [0.29, 0.717) is 18.7 Å². The molecule has 3 aromatic rings. The number of halogens is 1. The monoisotopic (exact) mass is 513 g/mol. The second-order valence-electron chi connectivity index (χ2n) is 9.14. The summed E-state index contributed by atoms with van der Waals surface area (Å²) in [6.45, 7) is 6.53. The van der Waals surface area contributed by atoms with Gasteiger partial charge in [-0.3, -0.25) is 0 Å². The van der Waals surface area contributed by atoms with E-state index in [9.17, 15) is 0 Å². The third kappa shape index (κ3) is 9.91. The van der Waals surface area contributed by atoms with E-state index in [-0.39, 0.29) is 0 Å². The molecular weight excluding hydrogens is 477 g/mol. The van der Waals surface area contributed by atoms with E-state index in [1.54, 1.807) is 0 Å². The lowest BCUT2D eigenvalue weighted by atomic mass is 9.87. The molecule has 35 heavy (non-hydrogen) atoms. The summed E-state index contributed by atoms with van der Waals surface area (Å²) >= 11 is 6.30. The smallest absolute Gasteiger partial charge is 0.164 e. The van der Waals surface area contributed by atoms with E-state index < -0.39 is 8.38 Å². The summed E-state index contributed by atoms with van der Waals surface area (Å²) in [5.74, 6) is 1.27. The third-order valence-electron chi connectivity index (χ3n) is 6.30. The van der Waals surface area contributed by atoms with Crippen LogP contribution in [0.5, 0.6) is 5.75 Å². The molecule has 0 aliphatic rings. The Morgan fingerprint density at radius 3 is 2.40 bits per heavy atom. The molecule has 0 fully saturated rings. The highest BCUT2D eigenvalue weighted by Gasteiger charge is 2.14. The van der Waals surface area contributed by atoms with Crippen LogP contribution in [0.4, 0.5) is 0 Å². The lowest BCUT2D eigenvalue weighted by molar-refractivity contribution is 0.301. The van der Waals surface area contributed by atoms with Crippen molar-refractivity contribution in [2.45, 2.75) is 52.0 Å². The molecule has 0 saturated carbocycles. The minimum absolute atomic E-state index is 0.390. The van der Waals surface area contributed by atoms with Crippen molar-refractivity contribution in [1.82, 2.24) is 5.32 Å². The zero-order chi connectivity index (χ0) is 25.0. The van der Waals surface area contributed by atoms with Gasteiger partial charge in [0.2, 0.25) is 0 Å². The molecule has 1 atom stereocenters. The van der Waals surface area contributed by atoms with Gasteiger partial charge in [-0.15, -0.1) is 0 Å². The fourth-order valence-electron chi connectivity index (χ4n) is 4.16. The molecule has 0 aromatic heterocycles. The Morgan fingerprint density at radius 2 is 1.69 bits per heavy atom. The fourth-order valence-corrected chi connectivity index (χ4v) is 4.80. The van der Waals surface area contributed by atoms with E-state index in [1.165, 1.54) is 27.8 Å². The summed E-state index contributed by atoms with van der Waals surface area (Å²) in [5.41, 5.74) is 6.48. The molecule has 0 aliphatic carbocycles. The van der Waals surface area contributed by atoms with Gasteiger partial charge in [0.15, 0.2) is 8.38 Å². The molecule has 0 saturated heterocycles. The molecule has 0 heterocycles. The van der Waals surface area contributed by atoms with Gasteiger partial charge in [0.25, 0.3) is 0 Å². The first-order chi connectivity index (χ1) is 16.9. The number of rotatable bonds is 14. The van der Waals surface area contributed by atoms with Crippen LogP contribution in [0.3, 0.4) is 0 Å². The van der Waals surface area contributed by atoms with E-state index in [2.05, 4.69) is 61.6 Å². The number of nitrogens with one attached hydrogen (secondary N) is 1. The van der Waals surface area contributed by atoms with Gasteiger partial charge >= 0.3 is 0 Å². The quantitative estimate of drug-likeness (QED) is 0.162. The minimum atomic E-state index is -1.78. The van der Waals surface area contributed by atoms with Crippen molar-refractivity contribution < 1.29 is 14.5 Å². The third-order valence-corrected chi connectivity index (χ3v) is 7.25. The topological polar surface area (TPSA) is 61.7 Å². The number of hydrogen-bond acceptors (Lipinski definition) is 4. The van der Waals surface area contributed by atoms with Crippen molar-refractivity contribution in [3.8, 4) is 5.75 Å². The van der Waals surface area contributed by atoms with Crippen molar-refractivity contribution >= 4 is 20.0 Å². The van der Waals surface area contributed by atoms with Crippen LogP contribution in [0.15, 0.2) is 66.7 Å². The number of benzene rings is 3. The Kier molecular flexibility index (Phi) is 11.5. The summed E-state index contributed by atoms with van der Waals surface area (Å²) in [7, 11) is -1.78. The van der Waals surface area contributed by atoms with Gasteiger partial charge in [-0.25, -0.2) is 0 Å². The number of ether oxygens (including phenoxy) is 1. The normalized spacial score (nSPS) is 12.2. The summed E-state index contributed by atoms with van der Waals surface area (Å²) < 4.78 is 6.03. The maximum Gasteiger partial charge on any atom is 0.164 e. The maximum atomic E-state index is 8.95. The molecule has 0 amide bonds. The number of aryl methyl sites for hydroxylation is 2. The molecule has 0 radical (unpaired) electrons. The first-order valence-corrected chi connectivity index (χ1v) is 14.1. The SMILES string of the molecule is Cc1ccc(CC(CCCOc2ccc(CNCCCP(O)O)cc2)c2cccc(Cl)c2)cc1C. The Labute approximate surface area is 216 Å². The van der Waals surface area contributed by atoms with Gasteiger partial charge in [0, 0.05) is 17.7 Å². The van der Waals surface area contributed by atoms with E-state index in [0.717, 1.165) is 49.5 Å². The number of hydrogen-bond donors (Lipinski definition) is 3. The molecule has 0 aliphatic heterocycles. The van der Waals surface area contributed by atoms with Gasteiger partial charge in [0.05, 0.1) is 6.61 Å². The molecule has 188 valence electrons. The van der Waals surface area contributed by atoms with Crippen LogP contribution in [-0.4, -0.2) is 29.1 Å². The van der Waals surface area contributed by atoms with Crippen LogP contribution in [0, 0.1) is 13.8 Å². The van der Waals surface area contributed by atoms with Crippen molar-refractivity contribution in [2.75, 3.05) is 19.3 Å². The summed E-state index contributed by atoms with van der Waals surface area (Å²) in [4.78, 5) is 17.9. The molecule has 0 spiro atoms. The summed E-state index contributed by atoms with van der Waals surface area (Å²) in [5, 5.41) is 4.11. The van der Waals surface area contributed by atoms with Crippen LogP contribution in [0.25, 0.3) is 0 Å². The van der Waals surface area contributed by atoms with Crippen molar-refractivity contribution in [2.24, 2.45) is 0 Å². The molecule has 0 bridgehead atoms. The van der Waals surface area contributed by atoms with Crippen LogP contribution in [-0.2, 0) is 13.0 Å². The first-order valence-electron chi connectivity index (χ1n) is 12.3. The Balaban J connectivity index is 1.48. The highest BCUT2D eigenvalue weighted by molar-refractivity contribution is 7.45. The van der Waals surface area contributed by atoms with Gasteiger partial charge in [-0.2, -0.15) is 0 Å². The molecule has 3 rings (SSSR count). The largest absolute Gasteiger partial charge is 0.494 e. The van der Waals surface area contributed by atoms with E-state index >= 15 is 0 Å². The maximum absolute atomic E-state index is 8.95. The molecule has 3 N–H and O–H groups in total. The molecule has 4 nitrogen and oxygen atoms in total. The van der Waals surface area contributed by atoms with Crippen molar-refractivity contribution in [3.63, 3.8) is 0 Å². The highest BCUT2D eigenvalue weighted by Crippen LogP contribution is 2.29. The fraction of sp³-hybridized carbons (Fsp3) is 0.379. The zero-order valence-corrected chi connectivity index (χ0v) is 22.4. The summed E-state index contributed by atoms with van der Waals surface area (Å²) in [6, 6.07) is 23.2. The van der Waals surface area contributed by atoms with Gasteiger partial charge < -0.3 is 19.8 Å². The molecule has 3 aromatic carbocycles. The van der Waals surface area contributed by atoms with E-state index in [4.69, 9.17) is 26.1 Å². The predicted octanol–water partition coefficient (Wildman–Crippen LogP) is 6.92. The standard InChI is InChI=1S/C29H37ClNO3P/c1-22-9-10-25(18-23(22)2)19-26(27-6-3-8-28(30)20-27)7-4-16-34-29-13-11-24(12-14-29)21-31-15-5-17-35(32)33/h3,6,8-14,18,20,26,31-33H,4-5,7,15-17,19,21H2,1-2H3. The predicted molar refractivity (Wildman–Crippen MR) is 148 cm³/mol. The average Bonchev–Trinajstić information content (AvgIpc) is 2.83. The molecular formula is C29H37ClNO3P. The van der Waals surface area contributed by atoms with Crippen molar-refractivity contribution in [1.29, 1.82) is 0 Å². The van der Waals surface area contributed by atoms with Gasteiger partial charge in [-0.1, -0.05) is 54.1 Å². The highest BCUT2D eigenvalue weighted by atomic mass is 35.5. The second kappa shape index (κ2) is 14.6. The van der Waals surface area contributed by atoms with Crippen molar-refractivity contribution in [3.05, 3.63) is 99.6 Å². The van der Waals surface area contributed by atoms with Crippen LogP contribution in [0.1, 0.15) is 53.0 Å². The Morgan fingerprint density at radius 1 is 0.914 bits per heavy atom. The second-order valence-corrected chi connectivity index (χ2v) is 10.8. The van der Waals surface area contributed by atoms with Gasteiger partial charge in [-0.05, 0) is 104 Å². The van der Waals surface area contributed by atoms with Crippen LogP contribution < -0.4 is 10.1 Å². The zero-order valence-electron chi connectivity index (χ0n) is 20.7. The van der Waals surface area contributed by atoms with Gasteiger partial charge in [0.1, 0.15) is 5.75 Å². The summed E-state index contributed by atoms with van der Waals surface area (Å²) in [6.07, 6.45) is 4.20. The van der Waals surface area contributed by atoms with E-state index in [1.807, 2.05) is 24.3 Å². The Hall–Kier alpha value is -1.94. The molecule has 1 unspecified atom stereocenters. The van der Waals surface area contributed by atoms with Crippen LogP contribution in [0.2, 0.25) is 5.02 Å². The Bertz CT molecular complexity index is 1040. The molecule has 6 heteroatoms. The average molecular weight is 514 g/mol. The van der Waals surface area contributed by atoms with Crippen LogP contribution >= 0.6 is 20.0 Å². The lowest BCUT2D eigenvalue weighted by Crippen LogP contribution is -2.15. The lowest BCUT2D eigenvalue weighted by Gasteiger charge is -2.19.